The van der Waals surface area contributed by atoms with Gasteiger partial charge in [0, 0.05) is 39.1 Å². The molecule has 3 amide bonds. The number of aliphatic hydroxyl groups is 1. The molecule has 4 atom stereocenters. The van der Waals surface area contributed by atoms with Gasteiger partial charge < -0.3 is 29.9 Å². The summed E-state index contributed by atoms with van der Waals surface area (Å²) >= 11 is 1.59. The van der Waals surface area contributed by atoms with Gasteiger partial charge in [0.05, 0.1) is 34.4 Å². The fourth-order valence-electron chi connectivity index (χ4n) is 6.31. The number of amides is 3. The smallest absolute Gasteiger partial charge is 0.410 e. The van der Waals surface area contributed by atoms with Crippen LogP contribution in [-0.4, -0.2) is 103 Å². The number of nitrogens with one attached hydrogen (secondary N) is 1. The summed E-state index contributed by atoms with van der Waals surface area (Å²) in [6, 6.07) is 6.36. The maximum Gasteiger partial charge on any atom is 0.410 e. The zero-order chi connectivity index (χ0) is 33.5. The molecule has 0 spiro atoms. The minimum Gasteiger partial charge on any atom is -0.444 e. The highest BCUT2D eigenvalue weighted by Crippen LogP contribution is 2.42. The Labute approximate surface area is 278 Å². The zero-order valence-corrected chi connectivity index (χ0v) is 28.4. The molecule has 1 aromatic carbocycles. The number of carbonyl (C=O) groups excluding carboxylic acids is 3. The molecule has 1 saturated carbocycles. The van der Waals surface area contributed by atoms with E-state index in [1.807, 2.05) is 69.3 Å². The number of nitrogens with zero attached hydrogens (tertiary/aromatic N) is 7. The zero-order valence-electron chi connectivity index (χ0n) is 27.6. The standard InChI is InChI=1S/C33H44N8O5S/c1-20(22-6-10-24(11-7-22)29-21(2)34-19-47-29)35-30(43)26-16-25(42)17-40(26)31(44)28(23-8-9-23)41-18-27(36-37-41)38-12-14-39(15-13-38)32(45)46-33(3,4)5/h6-7,10-11,18-20,23,25-26,28,42H,8-9,12-17H2,1-5H3,(H,35,43)/t20-,25+,26-,28?/m0/s1. The molecular weight excluding hydrogens is 620 g/mol. The SMILES string of the molecule is Cc1ncsc1-c1ccc([C@H](C)NC(=O)[C@@H]2C[C@@H](O)CN2C(=O)C(C2CC2)n2cc(N3CCN(C(=O)OC(C)(C)C)CC3)nn2)cc1. The molecule has 3 fully saturated rings. The number of ether oxygens (including phenoxy) is 1. The van der Waals surface area contributed by atoms with Crippen LogP contribution in [0.5, 0.6) is 0 Å². The number of aromatic nitrogens is 4. The molecule has 47 heavy (non-hydrogen) atoms. The molecule has 3 aliphatic rings. The summed E-state index contributed by atoms with van der Waals surface area (Å²) in [6.45, 7) is 11.6. The fraction of sp³-hybridized carbons (Fsp3) is 0.576. The maximum absolute atomic E-state index is 14.1. The van der Waals surface area contributed by atoms with Crippen molar-refractivity contribution in [1.82, 2.24) is 35.1 Å². The molecule has 1 unspecified atom stereocenters. The van der Waals surface area contributed by atoms with E-state index in [1.165, 1.54) is 4.90 Å². The Morgan fingerprint density at radius 3 is 2.40 bits per heavy atom. The predicted molar refractivity (Wildman–Crippen MR) is 177 cm³/mol. The Kier molecular flexibility index (Phi) is 9.25. The van der Waals surface area contributed by atoms with E-state index in [9.17, 15) is 19.5 Å². The molecule has 13 nitrogen and oxygen atoms in total. The number of benzene rings is 1. The van der Waals surface area contributed by atoms with Crippen LogP contribution < -0.4 is 10.2 Å². The van der Waals surface area contributed by atoms with Crippen LogP contribution in [0, 0.1) is 12.8 Å². The Morgan fingerprint density at radius 2 is 1.79 bits per heavy atom. The van der Waals surface area contributed by atoms with Gasteiger partial charge in [-0.1, -0.05) is 29.5 Å². The van der Waals surface area contributed by atoms with E-state index in [0.717, 1.165) is 34.5 Å². The topological polar surface area (TPSA) is 146 Å². The quantitative estimate of drug-likeness (QED) is 0.369. The third-order valence-corrected chi connectivity index (χ3v) is 9.98. The molecule has 1 aliphatic carbocycles. The molecule has 2 N–H and O–H groups in total. The Bertz CT molecular complexity index is 1590. The molecule has 0 radical (unpaired) electrons. The highest BCUT2D eigenvalue weighted by molar-refractivity contribution is 7.13. The third kappa shape index (κ3) is 7.43. The van der Waals surface area contributed by atoms with Crippen LogP contribution in [0.1, 0.15) is 70.3 Å². The molecule has 2 aromatic heterocycles. The van der Waals surface area contributed by atoms with Crippen LogP contribution in [0.4, 0.5) is 10.6 Å². The van der Waals surface area contributed by atoms with Gasteiger partial charge in [0.1, 0.15) is 17.7 Å². The van der Waals surface area contributed by atoms with Crippen molar-refractivity contribution in [2.45, 2.75) is 83.7 Å². The predicted octanol–water partition coefficient (Wildman–Crippen LogP) is 3.56. The van der Waals surface area contributed by atoms with Crippen molar-refractivity contribution in [1.29, 1.82) is 0 Å². The van der Waals surface area contributed by atoms with E-state index >= 15 is 0 Å². The van der Waals surface area contributed by atoms with Crippen LogP contribution in [0.25, 0.3) is 10.4 Å². The average Bonchev–Trinajstić information content (AvgIpc) is 3.38. The number of hydrogen-bond donors (Lipinski definition) is 2. The Morgan fingerprint density at radius 1 is 1.09 bits per heavy atom. The van der Waals surface area contributed by atoms with Gasteiger partial charge in [0.15, 0.2) is 5.82 Å². The third-order valence-electron chi connectivity index (χ3n) is 9.00. The lowest BCUT2D eigenvalue weighted by atomic mass is 10.0. The number of thiazole rings is 1. The number of β-amino-alcohol motifs (C(OH)–C–C–N with tert-alkyl or cyclic N) is 1. The van der Waals surface area contributed by atoms with Crippen LogP contribution in [-0.2, 0) is 14.3 Å². The van der Waals surface area contributed by atoms with Gasteiger partial charge in [0.2, 0.25) is 11.8 Å². The first kappa shape index (κ1) is 32.9. The number of aliphatic hydroxyl groups excluding tert-OH is 1. The van der Waals surface area contributed by atoms with Crippen molar-refractivity contribution in [3.8, 4) is 10.4 Å². The highest BCUT2D eigenvalue weighted by Gasteiger charge is 2.47. The lowest BCUT2D eigenvalue weighted by molar-refractivity contribution is -0.142. The molecule has 0 bridgehead atoms. The van der Waals surface area contributed by atoms with E-state index in [4.69, 9.17) is 4.74 Å². The van der Waals surface area contributed by atoms with E-state index in [2.05, 4.69) is 20.6 Å². The fourth-order valence-corrected chi connectivity index (χ4v) is 7.12. The molecule has 252 valence electrons. The largest absolute Gasteiger partial charge is 0.444 e. The van der Waals surface area contributed by atoms with Crippen molar-refractivity contribution >= 4 is 35.1 Å². The minimum atomic E-state index is -0.792. The van der Waals surface area contributed by atoms with Crippen molar-refractivity contribution in [3.63, 3.8) is 0 Å². The lowest BCUT2D eigenvalue weighted by Gasteiger charge is -2.35. The number of likely N-dealkylation sites (tertiary alicyclic amines) is 1. The van der Waals surface area contributed by atoms with Gasteiger partial charge in [-0.15, -0.1) is 16.4 Å². The normalized spacial score (nSPS) is 21.4. The summed E-state index contributed by atoms with van der Waals surface area (Å²) in [6.07, 6.45) is 2.59. The lowest BCUT2D eigenvalue weighted by Crippen LogP contribution is -2.50. The van der Waals surface area contributed by atoms with Crippen LogP contribution >= 0.6 is 11.3 Å². The molecule has 2 aliphatic heterocycles. The van der Waals surface area contributed by atoms with Gasteiger partial charge in [-0.2, -0.15) is 0 Å². The molecule has 4 heterocycles. The van der Waals surface area contributed by atoms with E-state index < -0.39 is 23.8 Å². The van der Waals surface area contributed by atoms with Gasteiger partial charge >= 0.3 is 6.09 Å². The number of hydrogen-bond acceptors (Lipinski definition) is 10. The summed E-state index contributed by atoms with van der Waals surface area (Å²) < 4.78 is 7.12. The van der Waals surface area contributed by atoms with Gasteiger partial charge in [-0.05, 0) is 64.5 Å². The Balaban J connectivity index is 1.10. The highest BCUT2D eigenvalue weighted by atomic mass is 32.1. The van der Waals surface area contributed by atoms with Crippen molar-refractivity contribution in [3.05, 3.63) is 47.2 Å². The first-order chi connectivity index (χ1) is 22.4. The second-order valence-electron chi connectivity index (χ2n) is 13.8. The van der Waals surface area contributed by atoms with Crippen molar-refractivity contribution in [2.75, 3.05) is 37.6 Å². The number of carbonyl (C=O) groups is 3. The van der Waals surface area contributed by atoms with E-state index in [-0.39, 0.29) is 42.8 Å². The van der Waals surface area contributed by atoms with Gasteiger partial charge in [-0.3, -0.25) is 9.59 Å². The molecule has 2 saturated heterocycles. The molecular formula is C33H44N8O5S. The van der Waals surface area contributed by atoms with Crippen LogP contribution in [0.2, 0.25) is 0 Å². The van der Waals surface area contributed by atoms with Gasteiger partial charge in [0.25, 0.3) is 0 Å². The van der Waals surface area contributed by atoms with Crippen molar-refractivity contribution in [2.24, 2.45) is 5.92 Å². The van der Waals surface area contributed by atoms with Crippen LogP contribution in [0.15, 0.2) is 36.0 Å². The monoisotopic (exact) mass is 664 g/mol. The summed E-state index contributed by atoms with van der Waals surface area (Å²) in [7, 11) is 0. The van der Waals surface area contributed by atoms with Crippen LogP contribution in [0.3, 0.4) is 0 Å². The average molecular weight is 665 g/mol. The van der Waals surface area contributed by atoms with E-state index in [1.54, 1.807) is 27.1 Å². The maximum atomic E-state index is 14.1. The molecule has 6 rings (SSSR count). The number of anilines is 1. The van der Waals surface area contributed by atoms with Crippen molar-refractivity contribution < 1.29 is 24.2 Å². The number of piperazine rings is 1. The van der Waals surface area contributed by atoms with Gasteiger partial charge in [-0.25, -0.2) is 14.5 Å². The number of aryl methyl sites for hydroxylation is 1. The number of rotatable bonds is 8. The first-order valence-electron chi connectivity index (χ1n) is 16.3. The second kappa shape index (κ2) is 13.2. The molecule has 14 heteroatoms. The summed E-state index contributed by atoms with van der Waals surface area (Å²) in [5.41, 5.74) is 4.28. The van der Waals surface area contributed by atoms with E-state index in [0.29, 0.717) is 32.0 Å². The molecule has 3 aromatic rings. The minimum absolute atomic E-state index is 0.0853. The first-order valence-corrected chi connectivity index (χ1v) is 17.2. The summed E-state index contributed by atoms with van der Waals surface area (Å²) in [5, 5.41) is 22.4. The summed E-state index contributed by atoms with van der Waals surface area (Å²) in [4.78, 5) is 50.9. The Hall–Kier alpha value is -4.04. The second-order valence-corrected chi connectivity index (χ2v) is 14.7. The summed E-state index contributed by atoms with van der Waals surface area (Å²) in [5.74, 6) is 0.198.